The van der Waals surface area contributed by atoms with E-state index in [0.29, 0.717) is 13.0 Å². The van der Waals surface area contributed by atoms with Crippen LogP contribution in [0.15, 0.2) is 0 Å². The van der Waals surface area contributed by atoms with Crippen molar-refractivity contribution in [2.24, 2.45) is 0 Å². The number of hydroxylamine groups is 4. The zero-order valence-corrected chi connectivity index (χ0v) is 18.9. The Morgan fingerprint density at radius 2 is 0.963 bits per heavy atom. The number of rotatable bonds is 20. The van der Waals surface area contributed by atoms with Gasteiger partial charge in [-0.25, -0.2) is 0 Å². The third kappa shape index (κ3) is 19.2. The molecule has 0 fully saturated rings. The molecule has 0 amide bonds. The number of nitrogens with zero attached hydrogens (tertiary/aromatic N) is 1. The molecule has 0 bridgehead atoms. The van der Waals surface area contributed by atoms with Crippen LogP contribution in [0.2, 0.25) is 0 Å². The van der Waals surface area contributed by atoms with Crippen LogP contribution in [0, 0.1) is 0 Å². The fraction of sp³-hybridized carbons (Fsp3) is 1.00. The molecule has 0 aromatic carbocycles. The highest BCUT2D eigenvalue weighted by molar-refractivity contribution is 4.51. The van der Waals surface area contributed by atoms with E-state index < -0.39 is 4.81 Å². The molecular weight excluding hydrogens is 362 g/mol. The summed E-state index contributed by atoms with van der Waals surface area (Å²) in [6, 6.07) is -0.323. The molecule has 3 N–H and O–H groups in total. The Morgan fingerprint density at radius 1 is 0.630 bits per heavy atom. The van der Waals surface area contributed by atoms with Gasteiger partial charge in [-0.05, 0) is 18.2 Å². The van der Waals surface area contributed by atoms with E-state index in [1.165, 1.54) is 89.9 Å². The SMILES string of the molecule is CCCCCCCCCCCCCCCCCC[N+](O)(O)C(C)CCO.[Cl-]. The van der Waals surface area contributed by atoms with Gasteiger partial charge in [-0.1, -0.05) is 96.8 Å². The van der Waals surface area contributed by atoms with Crippen LogP contribution in [0.1, 0.15) is 123 Å². The monoisotopic (exact) mass is 409 g/mol. The van der Waals surface area contributed by atoms with Crippen LogP contribution in [0.3, 0.4) is 0 Å². The molecule has 166 valence electrons. The van der Waals surface area contributed by atoms with Crippen molar-refractivity contribution in [3.05, 3.63) is 0 Å². The Hall–Kier alpha value is 0.130. The zero-order valence-electron chi connectivity index (χ0n) is 18.2. The Kier molecular flexibility index (Phi) is 22.7. The molecule has 4 nitrogen and oxygen atoms in total. The summed E-state index contributed by atoms with van der Waals surface area (Å²) in [6.07, 6.45) is 21.5. The topological polar surface area (TPSA) is 60.7 Å². The number of hydrogen-bond donors (Lipinski definition) is 3. The van der Waals surface area contributed by atoms with E-state index in [-0.39, 0.29) is 25.1 Å². The molecule has 0 radical (unpaired) electrons. The van der Waals surface area contributed by atoms with Gasteiger partial charge in [0.2, 0.25) is 0 Å². The summed E-state index contributed by atoms with van der Waals surface area (Å²) in [5.74, 6) is 0. The second-order valence-corrected chi connectivity index (χ2v) is 8.17. The van der Waals surface area contributed by atoms with Crippen molar-refractivity contribution in [1.82, 2.24) is 0 Å². The lowest BCUT2D eigenvalue weighted by molar-refractivity contribution is -1.26. The molecule has 0 spiro atoms. The maximum absolute atomic E-state index is 9.91. The number of aliphatic hydroxyl groups excluding tert-OH is 1. The first-order valence-electron chi connectivity index (χ1n) is 11.5. The van der Waals surface area contributed by atoms with Crippen molar-refractivity contribution in [2.45, 2.75) is 129 Å². The molecule has 0 aliphatic rings. The molecule has 1 unspecified atom stereocenters. The summed E-state index contributed by atoms with van der Waals surface area (Å²) in [6.45, 7) is 4.40. The average molecular weight is 410 g/mol. The molecule has 0 aromatic rings. The lowest BCUT2D eigenvalue weighted by atomic mass is 10.0. The van der Waals surface area contributed by atoms with Crippen LogP contribution in [-0.4, -0.2) is 39.5 Å². The first-order chi connectivity index (χ1) is 12.5. The lowest BCUT2D eigenvalue weighted by Crippen LogP contribution is -3.00. The molecular formula is C22H48ClNO3. The summed E-state index contributed by atoms with van der Waals surface area (Å²) < 4.78 is 0. The van der Waals surface area contributed by atoms with Gasteiger partial charge in [-0.3, -0.25) is 0 Å². The second kappa shape index (κ2) is 20.9. The fourth-order valence-electron chi connectivity index (χ4n) is 3.51. The quantitative estimate of drug-likeness (QED) is 0.163. The minimum Gasteiger partial charge on any atom is -1.00 e. The first-order valence-corrected chi connectivity index (χ1v) is 11.5. The minimum atomic E-state index is -0.945. The van der Waals surface area contributed by atoms with Gasteiger partial charge in [0.15, 0.2) is 6.04 Å². The number of unbranched alkanes of at least 4 members (excludes halogenated alkanes) is 15. The summed E-state index contributed by atoms with van der Waals surface area (Å²) in [5, 5.41) is 28.7. The summed E-state index contributed by atoms with van der Waals surface area (Å²) in [4.78, 5) is -0.945. The highest BCUT2D eigenvalue weighted by Crippen LogP contribution is 2.15. The van der Waals surface area contributed by atoms with Crippen LogP contribution in [0.5, 0.6) is 0 Å². The van der Waals surface area contributed by atoms with Gasteiger partial charge in [-0.2, -0.15) is 10.4 Å². The van der Waals surface area contributed by atoms with E-state index in [1.54, 1.807) is 6.92 Å². The highest BCUT2D eigenvalue weighted by Gasteiger charge is 2.30. The van der Waals surface area contributed by atoms with Crippen LogP contribution in [0.4, 0.5) is 0 Å². The van der Waals surface area contributed by atoms with Crippen LogP contribution < -0.4 is 12.4 Å². The van der Waals surface area contributed by atoms with E-state index in [1.807, 2.05) is 0 Å². The number of quaternary nitrogens is 1. The Morgan fingerprint density at radius 3 is 1.30 bits per heavy atom. The molecule has 0 saturated carbocycles. The van der Waals surface area contributed by atoms with E-state index >= 15 is 0 Å². The zero-order chi connectivity index (χ0) is 19.5. The van der Waals surface area contributed by atoms with Gasteiger partial charge in [0.25, 0.3) is 0 Å². The van der Waals surface area contributed by atoms with Crippen molar-refractivity contribution in [1.29, 1.82) is 0 Å². The fourth-order valence-corrected chi connectivity index (χ4v) is 3.51. The number of aliphatic hydroxyl groups is 1. The van der Waals surface area contributed by atoms with Gasteiger partial charge >= 0.3 is 0 Å². The number of halogens is 1. The number of hydrogen-bond acceptors (Lipinski definition) is 3. The Balaban J connectivity index is 0. The van der Waals surface area contributed by atoms with Crippen molar-refractivity contribution < 1.29 is 32.7 Å². The molecule has 1 atom stereocenters. The van der Waals surface area contributed by atoms with Gasteiger partial charge in [0, 0.05) is 19.4 Å². The van der Waals surface area contributed by atoms with Gasteiger partial charge in [0.05, 0.1) is 0 Å². The average Bonchev–Trinajstić information content (AvgIpc) is 2.61. The van der Waals surface area contributed by atoms with Gasteiger partial charge in [0.1, 0.15) is 6.54 Å². The standard InChI is InChI=1S/C22H48NO3.ClH/c1-3-4-5-6-7-8-9-10-11-12-13-14-15-16-17-18-20-23(25,26)22(2)19-21-24;/h22,24-26H,3-21H2,1-2H3;1H/q+1;/p-1. The van der Waals surface area contributed by atoms with Crippen LogP contribution >= 0.6 is 0 Å². The normalized spacial score (nSPS) is 12.8. The predicted molar refractivity (Wildman–Crippen MR) is 109 cm³/mol. The summed E-state index contributed by atoms with van der Waals surface area (Å²) in [5.41, 5.74) is 0. The highest BCUT2D eigenvalue weighted by atomic mass is 35.5. The molecule has 0 heterocycles. The minimum absolute atomic E-state index is 0. The Labute approximate surface area is 175 Å². The maximum Gasteiger partial charge on any atom is 0.151 e. The van der Waals surface area contributed by atoms with Crippen molar-refractivity contribution in [3.8, 4) is 0 Å². The van der Waals surface area contributed by atoms with E-state index in [2.05, 4.69) is 6.92 Å². The molecule has 0 aromatic heterocycles. The Bertz CT molecular complexity index is 291. The van der Waals surface area contributed by atoms with Gasteiger partial charge < -0.3 is 17.5 Å². The van der Waals surface area contributed by atoms with Crippen molar-refractivity contribution in [2.75, 3.05) is 13.2 Å². The van der Waals surface area contributed by atoms with Crippen molar-refractivity contribution in [3.63, 3.8) is 0 Å². The third-order valence-corrected chi connectivity index (χ3v) is 5.59. The molecule has 0 rings (SSSR count). The second-order valence-electron chi connectivity index (χ2n) is 8.17. The summed E-state index contributed by atoms with van der Waals surface area (Å²) >= 11 is 0. The van der Waals surface area contributed by atoms with E-state index in [0.717, 1.165) is 12.8 Å². The van der Waals surface area contributed by atoms with E-state index in [4.69, 9.17) is 5.11 Å². The smallest absolute Gasteiger partial charge is 0.151 e. The molecule has 27 heavy (non-hydrogen) atoms. The summed E-state index contributed by atoms with van der Waals surface area (Å²) in [7, 11) is 0. The molecule has 5 heteroatoms. The predicted octanol–water partition coefficient (Wildman–Crippen LogP) is 3.62. The molecule has 0 saturated heterocycles. The maximum atomic E-state index is 9.91. The van der Waals surface area contributed by atoms with Gasteiger partial charge in [-0.15, -0.1) is 0 Å². The lowest BCUT2D eigenvalue weighted by Gasteiger charge is -2.27. The first kappa shape index (κ1) is 29.3. The van der Waals surface area contributed by atoms with Crippen LogP contribution in [0.25, 0.3) is 0 Å². The van der Waals surface area contributed by atoms with E-state index in [9.17, 15) is 10.4 Å². The molecule has 0 aliphatic carbocycles. The van der Waals surface area contributed by atoms with Crippen LogP contribution in [-0.2, 0) is 0 Å². The third-order valence-electron chi connectivity index (χ3n) is 5.59. The largest absolute Gasteiger partial charge is 1.00 e. The molecule has 0 aliphatic heterocycles. The van der Waals surface area contributed by atoms with Crippen molar-refractivity contribution >= 4 is 0 Å².